The normalized spacial score (nSPS) is 11.6. The monoisotopic (exact) mass is 313 g/mol. The number of alkyl halides is 1. The summed E-state index contributed by atoms with van der Waals surface area (Å²) in [5.74, 6) is 1.16. The summed E-state index contributed by atoms with van der Waals surface area (Å²) in [7, 11) is 3.06. The molecule has 0 aliphatic heterocycles. The highest BCUT2D eigenvalue weighted by atomic mass is 79.9. The first kappa shape index (κ1) is 15.5. The lowest BCUT2D eigenvalue weighted by Gasteiger charge is -2.15. The largest absolute Gasteiger partial charge is 0.496 e. The summed E-state index contributed by atoms with van der Waals surface area (Å²) < 4.78 is 23.5. The lowest BCUT2D eigenvalue weighted by molar-refractivity contribution is 0.380. The fraction of sp³-hybridized carbons (Fsp3) is 0.400. The average molecular weight is 315 g/mol. The fourth-order valence-corrected chi connectivity index (χ4v) is 1.74. The van der Waals surface area contributed by atoms with Gasteiger partial charge >= 0.3 is 0 Å². The molecule has 0 aromatic heterocycles. The van der Waals surface area contributed by atoms with Gasteiger partial charge in [-0.1, -0.05) is 0 Å². The summed E-state index contributed by atoms with van der Waals surface area (Å²) in [5.41, 5.74) is 6.22. The van der Waals surface area contributed by atoms with Gasteiger partial charge in [0.2, 0.25) is 0 Å². The zero-order valence-electron chi connectivity index (χ0n) is 9.00. The third kappa shape index (κ3) is 3.23. The van der Waals surface area contributed by atoms with Gasteiger partial charge in [-0.15, -0.1) is 12.4 Å². The second kappa shape index (κ2) is 6.93. The van der Waals surface area contributed by atoms with Crippen LogP contribution < -0.4 is 15.2 Å². The van der Waals surface area contributed by atoms with Gasteiger partial charge < -0.3 is 15.2 Å². The van der Waals surface area contributed by atoms with Crippen LogP contribution in [-0.4, -0.2) is 20.9 Å². The second-order valence-corrected chi connectivity index (χ2v) is 3.84. The van der Waals surface area contributed by atoms with E-state index >= 15 is 0 Å². The summed E-state index contributed by atoms with van der Waals surface area (Å²) in [6, 6.07) is 2.69. The minimum Gasteiger partial charge on any atom is -0.496 e. The Morgan fingerprint density at radius 2 is 1.88 bits per heavy atom. The van der Waals surface area contributed by atoms with E-state index in [1.54, 1.807) is 12.1 Å². The average Bonchev–Trinajstić information content (AvgIpc) is 2.27. The molecule has 0 radical (unpaired) electrons. The molecular weight excluding hydrogens is 300 g/mol. The third-order valence-electron chi connectivity index (χ3n) is 2.07. The van der Waals surface area contributed by atoms with Crippen molar-refractivity contribution in [3.8, 4) is 11.5 Å². The number of hydrogen-bond acceptors (Lipinski definition) is 3. The summed E-state index contributed by atoms with van der Waals surface area (Å²) in [5, 5.41) is 0. The molecule has 0 saturated carbocycles. The topological polar surface area (TPSA) is 44.5 Å². The van der Waals surface area contributed by atoms with Crippen molar-refractivity contribution in [3.05, 3.63) is 22.2 Å². The van der Waals surface area contributed by atoms with E-state index in [1.807, 2.05) is 0 Å². The number of methoxy groups -OCH3 is 2. The smallest absolute Gasteiger partial charge is 0.133 e. The van der Waals surface area contributed by atoms with Crippen LogP contribution >= 0.6 is 28.3 Å². The van der Waals surface area contributed by atoms with E-state index < -0.39 is 12.7 Å². The first-order valence-corrected chi connectivity index (χ1v) is 5.16. The molecule has 0 saturated heterocycles. The third-order valence-corrected chi connectivity index (χ3v) is 2.69. The highest BCUT2D eigenvalue weighted by molar-refractivity contribution is 9.10. The number of halogens is 3. The van der Waals surface area contributed by atoms with Crippen molar-refractivity contribution in [2.75, 3.05) is 20.9 Å². The van der Waals surface area contributed by atoms with Gasteiger partial charge in [-0.3, -0.25) is 0 Å². The van der Waals surface area contributed by atoms with Crippen LogP contribution in [-0.2, 0) is 0 Å². The van der Waals surface area contributed by atoms with Gasteiger partial charge in [-0.05, 0) is 28.1 Å². The van der Waals surface area contributed by atoms with Crippen molar-refractivity contribution >= 4 is 28.3 Å². The van der Waals surface area contributed by atoms with Crippen LogP contribution in [0.25, 0.3) is 0 Å². The van der Waals surface area contributed by atoms with Crippen LogP contribution in [0.15, 0.2) is 16.6 Å². The maximum Gasteiger partial charge on any atom is 0.133 e. The van der Waals surface area contributed by atoms with E-state index in [-0.39, 0.29) is 12.4 Å². The van der Waals surface area contributed by atoms with Crippen molar-refractivity contribution in [2.24, 2.45) is 5.73 Å². The number of ether oxygens (including phenoxy) is 2. The van der Waals surface area contributed by atoms with Gasteiger partial charge in [0, 0.05) is 5.56 Å². The minimum absolute atomic E-state index is 0. The molecule has 0 amide bonds. The van der Waals surface area contributed by atoms with Gasteiger partial charge in [0.25, 0.3) is 0 Å². The van der Waals surface area contributed by atoms with Crippen molar-refractivity contribution in [2.45, 2.75) is 6.04 Å². The zero-order chi connectivity index (χ0) is 11.4. The van der Waals surface area contributed by atoms with Crippen molar-refractivity contribution < 1.29 is 13.9 Å². The Kier molecular flexibility index (Phi) is 6.71. The van der Waals surface area contributed by atoms with Crippen LogP contribution in [0.1, 0.15) is 11.6 Å². The van der Waals surface area contributed by atoms with Crippen LogP contribution in [0.3, 0.4) is 0 Å². The molecule has 6 heteroatoms. The fourth-order valence-electron chi connectivity index (χ4n) is 1.26. The summed E-state index contributed by atoms with van der Waals surface area (Å²) in [4.78, 5) is 0. The molecule has 0 heterocycles. The van der Waals surface area contributed by atoms with E-state index in [0.29, 0.717) is 17.1 Å². The molecule has 0 spiro atoms. The lowest BCUT2D eigenvalue weighted by atomic mass is 10.1. The van der Waals surface area contributed by atoms with Crippen LogP contribution in [0.2, 0.25) is 0 Å². The Hall–Kier alpha value is -0.520. The Morgan fingerprint density at radius 1 is 1.31 bits per heavy atom. The molecule has 1 aromatic rings. The predicted molar refractivity (Wildman–Crippen MR) is 67.4 cm³/mol. The minimum atomic E-state index is -0.693. The summed E-state index contributed by atoms with van der Waals surface area (Å²) >= 11 is 3.31. The molecule has 0 fully saturated rings. The number of hydrogen-bond donors (Lipinski definition) is 1. The molecule has 1 aromatic carbocycles. The molecule has 0 aliphatic rings. The first-order chi connectivity index (χ1) is 7.13. The highest BCUT2D eigenvalue weighted by Gasteiger charge is 2.15. The number of nitrogens with two attached hydrogens (primary N) is 1. The van der Waals surface area contributed by atoms with Crippen LogP contribution in [0.5, 0.6) is 11.5 Å². The van der Waals surface area contributed by atoms with Crippen LogP contribution in [0.4, 0.5) is 4.39 Å². The molecular formula is C10H14BrClFNO2. The number of benzene rings is 1. The van der Waals surface area contributed by atoms with E-state index in [0.717, 1.165) is 4.47 Å². The summed E-state index contributed by atoms with van der Waals surface area (Å²) in [6.45, 7) is -0.638. The highest BCUT2D eigenvalue weighted by Crippen LogP contribution is 2.35. The molecule has 0 aliphatic carbocycles. The Labute approximate surface area is 109 Å². The SMILES string of the molecule is COc1cc([C@@H](N)CF)c(OC)cc1Br.Cl. The van der Waals surface area contributed by atoms with E-state index in [1.165, 1.54) is 14.2 Å². The van der Waals surface area contributed by atoms with Crippen LogP contribution in [0, 0.1) is 0 Å². The second-order valence-electron chi connectivity index (χ2n) is 2.99. The van der Waals surface area contributed by atoms with Gasteiger partial charge in [-0.2, -0.15) is 0 Å². The molecule has 1 atom stereocenters. The van der Waals surface area contributed by atoms with Crippen molar-refractivity contribution in [3.63, 3.8) is 0 Å². The predicted octanol–water partition coefficient (Wildman–Crippen LogP) is 2.86. The van der Waals surface area contributed by atoms with E-state index in [2.05, 4.69) is 15.9 Å². The Bertz CT molecular complexity index is 352. The van der Waals surface area contributed by atoms with Crippen molar-refractivity contribution in [1.82, 2.24) is 0 Å². The zero-order valence-corrected chi connectivity index (χ0v) is 11.4. The molecule has 92 valence electrons. The molecule has 16 heavy (non-hydrogen) atoms. The lowest BCUT2D eigenvalue weighted by Crippen LogP contribution is -2.13. The van der Waals surface area contributed by atoms with Gasteiger partial charge in [0.1, 0.15) is 18.2 Å². The first-order valence-electron chi connectivity index (χ1n) is 4.37. The maximum atomic E-state index is 12.5. The quantitative estimate of drug-likeness (QED) is 0.929. The molecule has 0 unspecified atom stereocenters. The van der Waals surface area contributed by atoms with Gasteiger partial charge in [0.05, 0.1) is 24.7 Å². The number of rotatable bonds is 4. The molecule has 1 rings (SSSR count). The Balaban J connectivity index is 0.00000225. The standard InChI is InChI=1S/C10H13BrFNO2.ClH/c1-14-9-4-7(11)10(15-2)3-6(9)8(13)5-12;/h3-4,8H,5,13H2,1-2H3;1H/t8-;/m0./s1. The molecule has 3 nitrogen and oxygen atoms in total. The van der Waals surface area contributed by atoms with E-state index in [9.17, 15) is 4.39 Å². The van der Waals surface area contributed by atoms with Crippen molar-refractivity contribution in [1.29, 1.82) is 0 Å². The Morgan fingerprint density at radius 3 is 2.31 bits per heavy atom. The van der Waals surface area contributed by atoms with E-state index in [4.69, 9.17) is 15.2 Å². The molecule has 2 N–H and O–H groups in total. The van der Waals surface area contributed by atoms with Gasteiger partial charge in [-0.25, -0.2) is 4.39 Å². The molecule has 0 bridgehead atoms. The van der Waals surface area contributed by atoms with Gasteiger partial charge in [0.15, 0.2) is 0 Å². The maximum absolute atomic E-state index is 12.5. The summed E-state index contributed by atoms with van der Waals surface area (Å²) in [6.07, 6.45) is 0.